The van der Waals surface area contributed by atoms with Crippen LogP contribution in [-0.4, -0.2) is 41.1 Å². The number of thioether (sulfide) groups is 1. The van der Waals surface area contributed by atoms with Crippen LogP contribution >= 0.6 is 11.8 Å². The van der Waals surface area contributed by atoms with Crippen LogP contribution in [0.4, 0.5) is 5.82 Å². The van der Waals surface area contributed by atoms with Gasteiger partial charge >= 0.3 is 5.97 Å². The van der Waals surface area contributed by atoms with Gasteiger partial charge in [-0.1, -0.05) is 17.3 Å². The summed E-state index contributed by atoms with van der Waals surface area (Å²) in [6.07, 6.45) is 0. The molecule has 144 valence electrons. The predicted molar refractivity (Wildman–Crippen MR) is 98.1 cm³/mol. The van der Waals surface area contributed by atoms with Gasteiger partial charge in [-0.2, -0.15) is 0 Å². The van der Waals surface area contributed by atoms with Gasteiger partial charge in [0.15, 0.2) is 12.4 Å². The Morgan fingerprint density at radius 1 is 1.26 bits per heavy atom. The first-order valence-corrected chi connectivity index (χ1v) is 9.04. The molecule has 0 radical (unpaired) electrons. The van der Waals surface area contributed by atoms with Gasteiger partial charge in [0, 0.05) is 6.07 Å². The predicted octanol–water partition coefficient (Wildman–Crippen LogP) is 1.26. The third-order valence-electron chi connectivity index (χ3n) is 3.03. The fourth-order valence-electron chi connectivity index (χ4n) is 1.92. The summed E-state index contributed by atoms with van der Waals surface area (Å²) in [7, 11) is 0. The lowest BCUT2D eigenvalue weighted by Gasteiger charge is -2.08. The average Bonchev–Trinajstić information content (AvgIpc) is 3.03. The van der Waals surface area contributed by atoms with Crippen molar-refractivity contribution in [2.75, 3.05) is 23.4 Å². The monoisotopic (exact) mass is 393 g/mol. The molecule has 2 rings (SSSR count). The molecule has 1 aromatic carbocycles. The van der Waals surface area contributed by atoms with E-state index in [0.717, 1.165) is 11.8 Å². The molecule has 2 aromatic rings. The number of anilines is 1. The Kier molecular flexibility index (Phi) is 7.68. The Hall–Kier alpha value is -3.01. The second-order valence-corrected chi connectivity index (χ2v) is 6.41. The van der Waals surface area contributed by atoms with Crippen LogP contribution in [0.2, 0.25) is 0 Å². The van der Waals surface area contributed by atoms with Gasteiger partial charge in [-0.25, -0.2) is 0 Å². The number of hydrogen-bond acceptors (Lipinski definition) is 8. The fourth-order valence-corrected chi connectivity index (χ4v) is 2.53. The lowest BCUT2D eigenvalue weighted by atomic mass is 10.2. The fraction of sp³-hybridized carbons (Fsp3) is 0.294. The van der Waals surface area contributed by atoms with Gasteiger partial charge in [-0.3, -0.25) is 14.4 Å². The molecule has 0 atom stereocenters. The number of benzene rings is 1. The van der Waals surface area contributed by atoms with E-state index in [4.69, 9.17) is 19.7 Å². The quantitative estimate of drug-likeness (QED) is 0.576. The molecule has 0 saturated carbocycles. The molecule has 27 heavy (non-hydrogen) atoms. The molecule has 0 saturated heterocycles. The molecule has 1 aromatic heterocycles. The highest BCUT2D eigenvalue weighted by Crippen LogP contribution is 2.14. The van der Waals surface area contributed by atoms with Crippen molar-refractivity contribution in [2.24, 2.45) is 5.73 Å². The number of rotatable bonds is 10. The van der Waals surface area contributed by atoms with E-state index in [1.807, 2.05) is 0 Å². The molecule has 0 unspecified atom stereocenters. The molecule has 0 spiro atoms. The van der Waals surface area contributed by atoms with Crippen LogP contribution < -0.4 is 15.8 Å². The maximum Gasteiger partial charge on any atom is 0.316 e. The van der Waals surface area contributed by atoms with Crippen molar-refractivity contribution in [1.82, 2.24) is 5.16 Å². The minimum atomic E-state index is -0.577. The van der Waals surface area contributed by atoms with Crippen molar-refractivity contribution < 1.29 is 28.4 Å². The van der Waals surface area contributed by atoms with Crippen LogP contribution in [0.3, 0.4) is 0 Å². The number of nitrogens with one attached hydrogen (secondary N) is 1. The minimum Gasteiger partial charge on any atom is -0.484 e. The summed E-state index contributed by atoms with van der Waals surface area (Å²) < 4.78 is 15.2. The Labute approximate surface area is 159 Å². The Balaban J connectivity index is 1.66. The van der Waals surface area contributed by atoms with E-state index in [9.17, 15) is 14.4 Å². The number of carbonyl (C=O) groups is 3. The molecule has 10 heteroatoms. The van der Waals surface area contributed by atoms with E-state index < -0.39 is 11.9 Å². The molecule has 3 N–H and O–H groups in total. The highest BCUT2D eigenvalue weighted by atomic mass is 32.2. The zero-order valence-corrected chi connectivity index (χ0v) is 15.4. The Morgan fingerprint density at radius 3 is 2.78 bits per heavy atom. The number of nitrogens with two attached hydrogens (primary N) is 1. The van der Waals surface area contributed by atoms with Gasteiger partial charge in [0.05, 0.1) is 11.5 Å². The maximum absolute atomic E-state index is 11.8. The molecule has 0 bridgehead atoms. The molecule has 0 fully saturated rings. The van der Waals surface area contributed by atoms with Crippen LogP contribution in [0, 0.1) is 6.92 Å². The van der Waals surface area contributed by atoms with E-state index in [0.29, 0.717) is 22.9 Å². The van der Waals surface area contributed by atoms with E-state index in [2.05, 4.69) is 10.5 Å². The van der Waals surface area contributed by atoms with E-state index in [1.165, 1.54) is 0 Å². The first-order chi connectivity index (χ1) is 12.9. The van der Waals surface area contributed by atoms with E-state index >= 15 is 0 Å². The number of aromatic nitrogens is 1. The van der Waals surface area contributed by atoms with Crippen LogP contribution in [-0.2, 0) is 25.7 Å². The molecule has 0 aliphatic rings. The van der Waals surface area contributed by atoms with Crippen molar-refractivity contribution in [3.05, 3.63) is 41.7 Å². The number of hydrogen-bond donors (Lipinski definition) is 2. The normalized spacial score (nSPS) is 10.3. The number of esters is 1. The molecule has 2 amide bonds. The third-order valence-corrected chi connectivity index (χ3v) is 3.93. The number of primary amides is 1. The second kappa shape index (κ2) is 10.2. The van der Waals surface area contributed by atoms with Gasteiger partial charge in [-0.05, 0) is 24.6 Å². The number of ether oxygens (including phenoxy) is 2. The lowest BCUT2D eigenvalue weighted by Crippen LogP contribution is -2.20. The first kappa shape index (κ1) is 20.3. The third kappa shape index (κ3) is 7.82. The summed E-state index contributed by atoms with van der Waals surface area (Å²) in [5, 5.41) is 6.21. The standard InChI is InChI=1S/C17H19N3O6S/c1-11-5-15(20-26-11)19-16(22)9-27-10-17(23)25-7-12-3-2-4-13(6-12)24-8-14(18)21/h2-6H,7-10H2,1H3,(H2,18,21)(H,19,20,22). The van der Waals surface area contributed by atoms with Crippen LogP contribution in [0.15, 0.2) is 34.9 Å². The van der Waals surface area contributed by atoms with E-state index in [1.54, 1.807) is 37.3 Å². The number of carbonyl (C=O) groups excluding carboxylic acids is 3. The number of amides is 2. The van der Waals surface area contributed by atoms with Crippen molar-refractivity contribution >= 4 is 35.4 Å². The second-order valence-electron chi connectivity index (χ2n) is 5.43. The van der Waals surface area contributed by atoms with Gasteiger partial charge in [-0.15, -0.1) is 11.8 Å². The van der Waals surface area contributed by atoms with E-state index in [-0.39, 0.29) is 30.6 Å². The van der Waals surface area contributed by atoms with Crippen molar-refractivity contribution in [3.63, 3.8) is 0 Å². The average molecular weight is 393 g/mol. The highest BCUT2D eigenvalue weighted by Gasteiger charge is 2.09. The summed E-state index contributed by atoms with van der Waals surface area (Å²) in [5.41, 5.74) is 5.72. The number of aryl methyl sites for hydroxylation is 1. The minimum absolute atomic E-state index is 0.0309. The molecule has 0 aliphatic carbocycles. The van der Waals surface area contributed by atoms with Crippen LogP contribution in [0.5, 0.6) is 5.75 Å². The molecule has 1 heterocycles. The smallest absolute Gasteiger partial charge is 0.316 e. The Bertz CT molecular complexity index is 807. The molecule has 9 nitrogen and oxygen atoms in total. The zero-order valence-electron chi connectivity index (χ0n) is 14.6. The summed E-state index contributed by atoms with van der Waals surface area (Å²) >= 11 is 1.12. The van der Waals surface area contributed by atoms with Crippen molar-refractivity contribution in [2.45, 2.75) is 13.5 Å². The Morgan fingerprint density at radius 2 is 2.07 bits per heavy atom. The zero-order chi connectivity index (χ0) is 19.6. The summed E-state index contributed by atoms with van der Waals surface area (Å²) in [6.45, 7) is 1.54. The van der Waals surface area contributed by atoms with Crippen LogP contribution in [0.1, 0.15) is 11.3 Å². The van der Waals surface area contributed by atoms with Gasteiger partial charge < -0.3 is 25.0 Å². The molecule has 0 aliphatic heterocycles. The van der Waals surface area contributed by atoms with Gasteiger partial charge in [0.25, 0.3) is 5.91 Å². The molecular formula is C17H19N3O6S. The van der Waals surface area contributed by atoms with Crippen molar-refractivity contribution in [3.8, 4) is 5.75 Å². The SMILES string of the molecule is Cc1cc(NC(=O)CSCC(=O)OCc2cccc(OCC(N)=O)c2)no1. The lowest BCUT2D eigenvalue weighted by molar-refractivity contribution is -0.141. The molecular weight excluding hydrogens is 374 g/mol. The summed E-state index contributed by atoms with van der Waals surface area (Å²) in [5.74, 6) is 0.169. The summed E-state index contributed by atoms with van der Waals surface area (Å²) in [4.78, 5) is 34.2. The van der Waals surface area contributed by atoms with Crippen molar-refractivity contribution in [1.29, 1.82) is 0 Å². The largest absolute Gasteiger partial charge is 0.484 e. The van der Waals surface area contributed by atoms with Crippen LogP contribution in [0.25, 0.3) is 0 Å². The summed E-state index contributed by atoms with van der Waals surface area (Å²) in [6, 6.07) is 8.38. The highest BCUT2D eigenvalue weighted by molar-refractivity contribution is 8.00. The maximum atomic E-state index is 11.8. The number of nitrogens with zero attached hydrogens (tertiary/aromatic N) is 1. The first-order valence-electron chi connectivity index (χ1n) is 7.89. The van der Waals surface area contributed by atoms with Gasteiger partial charge in [0.1, 0.15) is 18.1 Å². The van der Waals surface area contributed by atoms with Gasteiger partial charge in [0.2, 0.25) is 5.91 Å². The topological polar surface area (TPSA) is 134 Å².